The second-order valence-corrected chi connectivity index (χ2v) is 7.49. The van der Waals surface area contributed by atoms with Gasteiger partial charge in [0.2, 0.25) is 0 Å². The minimum atomic E-state index is -3.25. The maximum atomic E-state index is 10.7. The molecular formula is C17H34O3S. The molecule has 0 aliphatic carbocycles. The minimum absolute atomic E-state index is 0.338. The lowest BCUT2D eigenvalue weighted by molar-refractivity contribution is 0.309. The van der Waals surface area contributed by atoms with Crippen LogP contribution in [0.25, 0.3) is 0 Å². The van der Waals surface area contributed by atoms with Crippen LogP contribution in [-0.2, 0) is 14.3 Å². The molecule has 21 heavy (non-hydrogen) atoms. The normalized spacial score (nSPS) is 11.7. The van der Waals surface area contributed by atoms with Crippen molar-refractivity contribution in [2.75, 3.05) is 12.9 Å². The van der Waals surface area contributed by atoms with Crippen LogP contribution < -0.4 is 0 Å². The largest absolute Gasteiger partial charge is 0.270 e. The first kappa shape index (κ1) is 20.6. The van der Waals surface area contributed by atoms with Crippen molar-refractivity contribution >= 4 is 10.1 Å². The second-order valence-electron chi connectivity index (χ2n) is 5.85. The van der Waals surface area contributed by atoms with Crippen LogP contribution in [0, 0.1) is 0 Å². The van der Waals surface area contributed by atoms with Gasteiger partial charge >= 0.3 is 0 Å². The Morgan fingerprint density at radius 3 is 1.52 bits per heavy atom. The zero-order valence-electron chi connectivity index (χ0n) is 13.8. The fraction of sp³-hybridized carbons (Fsp3) is 0.882. The van der Waals surface area contributed by atoms with Crippen molar-refractivity contribution in [3.8, 4) is 0 Å². The Morgan fingerprint density at radius 1 is 0.762 bits per heavy atom. The maximum absolute atomic E-state index is 10.7. The highest BCUT2D eigenvalue weighted by molar-refractivity contribution is 7.85. The van der Waals surface area contributed by atoms with Crippen molar-refractivity contribution in [3.05, 3.63) is 12.7 Å². The van der Waals surface area contributed by atoms with E-state index in [-0.39, 0.29) is 0 Å². The number of hydrogen-bond acceptors (Lipinski definition) is 3. The van der Waals surface area contributed by atoms with Gasteiger partial charge in [-0.25, -0.2) is 0 Å². The molecule has 0 radical (unpaired) electrons. The van der Waals surface area contributed by atoms with Crippen LogP contribution in [-0.4, -0.2) is 21.3 Å². The Labute approximate surface area is 132 Å². The number of unbranched alkanes of at least 4 members (excludes halogenated alkanes) is 12. The summed E-state index contributed by atoms with van der Waals surface area (Å²) in [6, 6.07) is 0. The zero-order chi connectivity index (χ0) is 15.8. The van der Waals surface area contributed by atoms with E-state index >= 15 is 0 Å². The highest BCUT2D eigenvalue weighted by atomic mass is 32.2. The molecule has 4 heteroatoms. The van der Waals surface area contributed by atoms with Crippen molar-refractivity contribution in [2.24, 2.45) is 0 Å². The van der Waals surface area contributed by atoms with Crippen LogP contribution in [0.5, 0.6) is 0 Å². The summed E-state index contributed by atoms with van der Waals surface area (Å²) >= 11 is 0. The highest BCUT2D eigenvalue weighted by Crippen LogP contribution is 2.12. The third-order valence-corrected chi connectivity index (χ3v) is 4.19. The topological polar surface area (TPSA) is 43.4 Å². The maximum Gasteiger partial charge on any atom is 0.264 e. The van der Waals surface area contributed by atoms with Gasteiger partial charge in [0.25, 0.3) is 10.1 Å². The van der Waals surface area contributed by atoms with E-state index in [1.807, 2.05) is 6.08 Å². The molecule has 0 unspecified atom stereocenters. The molecule has 126 valence electrons. The number of hydrogen-bond donors (Lipinski definition) is 0. The SMILES string of the molecule is C=CCCCCCCCCCCCCCCOS(C)(=O)=O. The molecule has 0 N–H and O–H groups in total. The molecule has 0 aromatic rings. The molecule has 0 rings (SSSR count). The third kappa shape index (κ3) is 19.6. The van der Waals surface area contributed by atoms with Gasteiger partial charge in [-0.05, 0) is 19.3 Å². The molecule has 0 amide bonds. The van der Waals surface area contributed by atoms with E-state index < -0.39 is 10.1 Å². The van der Waals surface area contributed by atoms with Gasteiger partial charge in [-0.2, -0.15) is 8.42 Å². The lowest BCUT2D eigenvalue weighted by Gasteiger charge is -2.03. The fourth-order valence-corrected chi connectivity index (χ4v) is 2.79. The Morgan fingerprint density at radius 2 is 1.14 bits per heavy atom. The predicted octanol–water partition coefficient (Wildman–Crippen LogP) is 5.22. The summed E-state index contributed by atoms with van der Waals surface area (Å²) in [5, 5.41) is 0. The molecule has 0 saturated carbocycles. The van der Waals surface area contributed by atoms with Crippen LogP contribution in [0.4, 0.5) is 0 Å². The summed E-state index contributed by atoms with van der Waals surface area (Å²) in [5.41, 5.74) is 0. The molecule has 0 aromatic carbocycles. The Hall–Kier alpha value is -0.350. The van der Waals surface area contributed by atoms with E-state index in [0.717, 1.165) is 25.5 Å². The van der Waals surface area contributed by atoms with Crippen LogP contribution >= 0.6 is 0 Å². The average Bonchev–Trinajstić information content (AvgIpc) is 2.42. The third-order valence-electron chi connectivity index (χ3n) is 3.60. The molecule has 0 fully saturated rings. The van der Waals surface area contributed by atoms with Crippen LogP contribution in [0.2, 0.25) is 0 Å². The molecule has 3 nitrogen and oxygen atoms in total. The van der Waals surface area contributed by atoms with E-state index in [0.29, 0.717) is 6.61 Å². The van der Waals surface area contributed by atoms with Gasteiger partial charge in [0, 0.05) is 0 Å². The highest BCUT2D eigenvalue weighted by Gasteiger charge is 2.00. The van der Waals surface area contributed by atoms with Crippen LogP contribution in [0.3, 0.4) is 0 Å². The van der Waals surface area contributed by atoms with E-state index in [1.54, 1.807) is 0 Å². The Balaban J connectivity index is 3.04. The van der Waals surface area contributed by atoms with Gasteiger partial charge in [0.1, 0.15) is 0 Å². The summed E-state index contributed by atoms with van der Waals surface area (Å²) in [6.45, 7) is 4.07. The van der Waals surface area contributed by atoms with Gasteiger partial charge in [-0.15, -0.1) is 6.58 Å². The van der Waals surface area contributed by atoms with Gasteiger partial charge < -0.3 is 0 Å². The Bertz CT molecular complexity index is 323. The van der Waals surface area contributed by atoms with Gasteiger partial charge in [0.15, 0.2) is 0 Å². The van der Waals surface area contributed by atoms with Gasteiger partial charge in [-0.3, -0.25) is 4.18 Å². The molecule has 0 spiro atoms. The molecule has 0 aliphatic rings. The first-order valence-corrected chi connectivity index (χ1v) is 10.3. The van der Waals surface area contributed by atoms with Crippen molar-refractivity contribution in [3.63, 3.8) is 0 Å². The van der Waals surface area contributed by atoms with Crippen molar-refractivity contribution < 1.29 is 12.6 Å². The quantitative estimate of drug-likeness (QED) is 0.223. The number of allylic oxidation sites excluding steroid dienone is 1. The van der Waals surface area contributed by atoms with Gasteiger partial charge in [0.05, 0.1) is 12.9 Å². The molecule has 0 saturated heterocycles. The summed E-state index contributed by atoms with van der Waals surface area (Å²) < 4.78 is 26.2. The van der Waals surface area contributed by atoms with Crippen LogP contribution in [0.1, 0.15) is 83.5 Å². The van der Waals surface area contributed by atoms with E-state index in [4.69, 9.17) is 4.18 Å². The minimum Gasteiger partial charge on any atom is -0.270 e. The molecule has 0 aromatic heterocycles. The lowest BCUT2D eigenvalue weighted by Crippen LogP contribution is -2.03. The van der Waals surface area contributed by atoms with Crippen molar-refractivity contribution in [2.45, 2.75) is 83.5 Å². The molecule has 0 heterocycles. The van der Waals surface area contributed by atoms with Crippen molar-refractivity contribution in [1.29, 1.82) is 0 Å². The van der Waals surface area contributed by atoms with Gasteiger partial charge in [-0.1, -0.05) is 70.3 Å². The fourth-order valence-electron chi connectivity index (χ4n) is 2.37. The molecule has 0 atom stereocenters. The second kappa shape index (κ2) is 14.6. The van der Waals surface area contributed by atoms with E-state index in [2.05, 4.69) is 6.58 Å². The van der Waals surface area contributed by atoms with E-state index in [9.17, 15) is 8.42 Å². The standard InChI is InChI=1S/C17H34O3S/c1-3-4-5-6-7-8-9-10-11-12-13-14-15-16-17-20-21(2,18)19/h3H,1,4-17H2,2H3. The number of rotatable bonds is 16. The first-order chi connectivity index (χ1) is 10.1. The summed E-state index contributed by atoms with van der Waals surface area (Å²) in [7, 11) is -3.25. The monoisotopic (exact) mass is 318 g/mol. The Kier molecular flexibility index (Phi) is 14.3. The lowest BCUT2D eigenvalue weighted by atomic mass is 10.0. The average molecular weight is 319 g/mol. The smallest absolute Gasteiger partial charge is 0.264 e. The predicted molar refractivity (Wildman–Crippen MR) is 91.0 cm³/mol. The van der Waals surface area contributed by atoms with E-state index in [1.165, 1.54) is 64.2 Å². The summed E-state index contributed by atoms with van der Waals surface area (Å²) in [4.78, 5) is 0. The van der Waals surface area contributed by atoms with Crippen molar-refractivity contribution in [1.82, 2.24) is 0 Å². The first-order valence-electron chi connectivity index (χ1n) is 8.51. The summed E-state index contributed by atoms with van der Waals surface area (Å²) in [5.74, 6) is 0. The molecule has 0 bridgehead atoms. The molecule has 0 aliphatic heterocycles. The summed E-state index contributed by atoms with van der Waals surface area (Å²) in [6.07, 6.45) is 19.4. The zero-order valence-corrected chi connectivity index (χ0v) is 14.6. The molecular weight excluding hydrogens is 284 g/mol. The van der Waals surface area contributed by atoms with Crippen LogP contribution in [0.15, 0.2) is 12.7 Å².